The van der Waals surface area contributed by atoms with Crippen molar-refractivity contribution in [1.29, 1.82) is 0 Å². The lowest BCUT2D eigenvalue weighted by molar-refractivity contribution is -0.119. The van der Waals surface area contributed by atoms with Crippen LogP contribution in [-0.2, 0) is 11.3 Å². The largest absolute Gasteiger partial charge is 0.300 e. The molecule has 3 aromatic rings. The molecule has 0 spiro atoms. The Balaban J connectivity index is 1.79. The zero-order chi connectivity index (χ0) is 19.6. The highest BCUT2D eigenvalue weighted by atomic mass is 32.1. The third kappa shape index (κ3) is 3.95. The molecule has 1 unspecified atom stereocenters. The molecular formula is C19H26N6OS. The molecule has 0 aliphatic heterocycles. The van der Waals surface area contributed by atoms with Crippen molar-refractivity contribution >= 4 is 22.4 Å². The number of hydrogen-bond acceptors (Lipinski definition) is 5. The summed E-state index contributed by atoms with van der Waals surface area (Å²) in [5, 5.41) is 14.4. The molecule has 0 radical (unpaired) electrons. The fourth-order valence-electron chi connectivity index (χ4n) is 3.26. The molecule has 1 atom stereocenters. The maximum absolute atomic E-state index is 12.9. The predicted octanol–water partition coefficient (Wildman–Crippen LogP) is 4.13. The molecule has 0 saturated carbocycles. The smallest absolute Gasteiger partial charge is 0.251 e. The minimum atomic E-state index is -0.333. The summed E-state index contributed by atoms with van der Waals surface area (Å²) in [4.78, 5) is 17.5. The summed E-state index contributed by atoms with van der Waals surface area (Å²) in [6.07, 6.45) is 3.46. The van der Waals surface area contributed by atoms with E-state index in [-0.39, 0.29) is 11.9 Å². The Hall–Kier alpha value is -2.48. The van der Waals surface area contributed by atoms with Gasteiger partial charge in [-0.1, -0.05) is 13.3 Å². The average molecular weight is 387 g/mol. The number of rotatable bonds is 7. The van der Waals surface area contributed by atoms with Gasteiger partial charge in [-0.2, -0.15) is 10.2 Å². The van der Waals surface area contributed by atoms with Gasteiger partial charge in [0.25, 0.3) is 5.91 Å². The van der Waals surface area contributed by atoms with E-state index in [1.54, 1.807) is 0 Å². The van der Waals surface area contributed by atoms with Gasteiger partial charge in [0.1, 0.15) is 6.04 Å². The summed E-state index contributed by atoms with van der Waals surface area (Å²) < 4.78 is 3.76. The zero-order valence-electron chi connectivity index (χ0n) is 16.5. The Labute approximate surface area is 163 Å². The highest BCUT2D eigenvalue weighted by Gasteiger charge is 2.23. The molecule has 0 saturated heterocycles. The van der Waals surface area contributed by atoms with Crippen LogP contribution in [0.2, 0.25) is 0 Å². The van der Waals surface area contributed by atoms with Crippen LogP contribution in [0.3, 0.4) is 0 Å². The lowest BCUT2D eigenvalue weighted by Gasteiger charge is -2.17. The molecule has 3 heterocycles. The number of carbonyl (C=O) groups is 1. The monoisotopic (exact) mass is 386 g/mol. The van der Waals surface area contributed by atoms with Crippen LogP contribution in [0.5, 0.6) is 0 Å². The van der Waals surface area contributed by atoms with Crippen LogP contribution in [0, 0.1) is 20.8 Å². The normalized spacial score (nSPS) is 12.3. The van der Waals surface area contributed by atoms with E-state index in [0.29, 0.717) is 5.13 Å². The van der Waals surface area contributed by atoms with Crippen LogP contribution < -0.4 is 5.32 Å². The Bertz CT molecular complexity index is 938. The van der Waals surface area contributed by atoms with Crippen LogP contribution in [0.4, 0.5) is 5.13 Å². The quantitative estimate of drug-likeness (QED) is 0.662. The maximum Gasteiger partial charge on any atom is 0.251 e. The molecule has 3 rings (SSSR count). The van der Waals surface area contributed by atoms with Gasteiger partial charge >= 0.3 is 0 Å². The van der Waals surface area contributed by atoms with Crippen molar-refractivity contribution in [3.05, 3.63) is 34.7 Å². The highest BCUT2D eigenvalue weighted by Crippen LogP contribution is 2.28. The summed E-state index contributed by atoms with van der Waals surface area (Å²) >= 11 is 1.43. The lowest BCUT2D eigenvalue weighted by atomic mass is 10.1. The molecule has 0 bridgehead atoms. The zero-order valence-corrected chi connectivity index (χ0v) is 17.3. The number of nitrogens with zero attached hydrogens (tertiary/aromatic N) is 5. The minimum Gasteiger partial charge on any atom is -0.300 e. The predicted molar refractivity (Wildman–Crippen MR) is 108 cm³/mol. The summed E-state index contributed by atoms with van der Waals surface area (Å²) in [6, 6.07) is 1.66. The van der Waals surface area contributed by atoms with Gasteiger partial charge < -0.3 is 5.32 Å². The van der Waals surface area contributed by atoms with Crippen LogP contribution in [0.15, 0.2) is 17.6 Å². The summed E-state index contributed by atoms with van der Waals surface area (Å²) in [5.74, 6) is -0.0788. The van der Waals surface area contributed by atoms with Gasteiger partial charge in [0, 0.05) is 28.9 Å². The molecule has 3 aromatic heterocycles. The summed E-state index contributed by atoms with van der Waals surface area (Å²) in [6.45, 7) is 10.9. The van der Waals surface area contributed by atoms with E-state index in [9.17, 15) is 4.79 Å². The molecule has 27 heavy (non-hydrogen) atoms. The molecular weight excluding hydrogens is 360 g/mol. The van der Waals surface area contributed by atoms with Crippen LogP contribution in [-0.4, -0.2) is 30.5 Å². The number of thiazole rings is 1. The Morgan fingerprint density at radius 3 is 2.67 bits per heavy atom. The third-order valence-corrected chi connectivity index (χ3v) is 5.38. The van der Waals surface area contributed by atoms with Gasteiger partial charge in [-0.25, -0.2) is 4.98 Å². The maximum atomic E-state index is 12.9. The molecule has 0 fully saturated rings. The number of hydrogen-bond donors (Lipinski definition) is 1. The van der Waals surface area contributed by atoms with E-state index >= 15 is 0 Å². The fourth-order valence-corrected chi connectivity index (χ4v) is 3.97. The second-order valence-corrected chi connectivity index (χ2v) is 7.52. The van der Waals surface area contributed by atoms with Crippen molar-refractivity contribution in [2.75, 3.05) is 5.32 Å². The fraction of sp³-hybridized carbons (Fsp3) is 0.474. The van der Waals surface area contributed by atoms with Crippen LogP contribution in [0.1, 0.15) is 49.8 Å². The van der Waals surface area contributed by atoms with Crippen molar-refractivity contribution in [3.63, 3.8) is 0 Å². The average Bonchev–Trinajstić information content (AvgIpc) is 3.31. The minimum absolute atomic E-state index is 0.0788. The van der Waals surface area contributed by atoms with Gasteiger partial charge in [0.2, 0.25) is 0 Å². The van der Waals surface area contributed by atoms with E-state index < -0.39 is 0 Å². The van der Waals surface area contributed by atoms with E-state index in [4.69, 9.17) is 0 Å². The SMILES string of the molecule is CCCC(C(=O)Nc1nc(-c2cnn(CC)c2C)cs1)n1nc(C)cc1C. The van der Waals surface area contributed by atoms with Crippen molar-refractivity contribution in [1.82, 2.24) is 24.5 Å². The first kappa shape index (κ1) is 19.3. The van der Waals surface area contributed by atoms with E-state index in [1.807, 2.05) is 47.8 Å². The second-order valence-electron chi connectivity index (χ2n) is 6.66. The van der Waals surface area contributed by atoms with Crippen molar-refractivity contribution in [2.45, 2.75) is 60.0 Å². The summed E-state index contributed by atoms with van der Waals surface area (Å²) in [5.41, 5.74) is 4.82. The van der Waals surface area contributed by atoms with Gasteiger partial charge in [0.15, 0.2) is 5.13 Å². The standard InChI is InChI=1S/C19H26N6OS/c1-6-8-17(25-13(4)9-12(3)23-25)18(26)22-19-21-16(11-27-19)15-10-20-24(7-2)14(15)5/h9-11,17H,6-8H2,1-5H3,(H,21,22,26). The topological polar surface area (TPSA) is 77.6 Å². The van der Waals surface area contributed by atoms with Gasteiger partial charge in [-0.05, 0) is 40.2 Å². The number of amides is 1. The van der Waals surface area contributed by atoms with Crippen LogP contribution in [0.25, 0.3) is 11.3 Å². The Morgan fingerprint density at radius 2 is 2.07 bits per heavy atom. The van der Waals surface area contributed by atoms with Gasteiger partial charge in [-0.15, -0.1) is 11.3 Å². The summed E-state index contributed by atoms with van der Waals surface area (Å²) in [7, 11) is 0. The van der Waals surface area contributed by atoms with Crippen LogP contribution >= 0.6 is 11.3 Å². The number of nitrogens with one attached hydrogen (secondary N) is 1. The number of aryl methyl sites for hydroxylation is 3. The third-order valence-electron chi connectivity index (χ3n) is 4.62. The van der Waals surface area contributed by atoms with E-state index in [2.05, 4.69) is 34.3 Å². The molecule has 8 heteroatoms. The van der Waals surface area contributed by atoms with E-state index in [0.717, 1.165) is 47.7 Å². The highest BCUT2D eigenvalue weighted by molar-refractivity contribution is 7.14. The number of carbonyl (C=O) groups excluding carboxylic acids is 1. The first-order valence-electron chi connectivity index (χ1n) is 9.26. The second kappa shape index (κ2) is 8.04. The van der Waals surface area contributed by atoms with Gasteiger partial charge in [0.05, 0.1) is 17.6 Å². The number of aromatic nitrogens is 5. The number of anilines is 1. The lowest BCUT2D eigenvalue weighted by Crippen LogP contribution is -2.27. The molecule has 0 aromatic carbocycles. The van der Waals surface area contributed by atoms with Crippen molar-refractivity contribution in [3.8, 4) is 11.3 Å². The first-order chi connectivity index (χ1) is 12.9. The molecule has 1 amide bonds. The Morgan fingerprint density at radius 1 is 1.30 bits per heavy atom. The van der Waals surface area contributed by atoms with Gasteiger partial charge in [-0.3, -0.25) is 14.2 Å². The molecule has 7 nitrogen and oxygen atoms in total. The van der Waals surface area contributed by atoms with Crippen molar-refractivity contribution in [2.24, 2.45) is 0 Å². The molecule has 0 aliphatic rings. The van der Waals surface area contributed by atoms with Crippen molar-refractivity contribution < 1.29 is 4.79 Å². The molecule has 1 N–H and O–H groups in total. The molecule has 0 aliphatic carbocycles. The Kier molecular flexibility index (Phi) is 5.74. The first-order valence-corrected chi connectivity index (χ1v) is 10.1. The molecule has 144 valence electrons. The van der Waals surface area contributed by atoms with E-state index in [1.165, 1.54) is 11.3 Å².